The lowest BCUT2D eigenvalue weighted by Gasteiger charge is -2.28. The molecule has 1 saturated heterocycles. The number of likely N-dealkylation sites (tertiary alicyclic amines) is 1. The lowest BCUT2D eigenvalue weighted by molar-refractivity contribution is 0.223. The monoisotopic (exact) mass is 439 g/mol. The Labute approximate surface area is 192 Å². The van der Waals surface area contributed by atoms with Crippen molar-refractivity contribution in [3.63, 3.8) is 0 Å². The van der Waals surface area contributed by atoms with Gasteiger partial charge in [0.1, 0.15) is 11.5 Å². The topological polar surface area (TPSA) is 32.7 Å². The van der Waals surface area contributed by atoms with Gasteiger partial charge < -0.3 is 14.7 Å². The van der Waals surface area contributed by atoms with E-state index in [-0.39, 0.29) is 23.2 Å². The minimum atomic E-state index is -0.113. The maximum absolute atomic E-state index is 10.8. The zero-order chi connectivity index (χ0) is 21.5. The normalized spacial score (nSPS) is 15.7. The van der Waals surface area contributed by atoms with E-state index in [1.54, 1.807) is 0 Å². The van der Waals surface area contributed by atoms with E-state index in [2.05, 4.69) is 46.4 Å². The van der Waals surface area contributed by atoms with Gasteiger partial charge in [0.25, 0.3) is 0 Å². The molecule has 0 aromatic heterocycles. The zero-order valence-corrected chi connectivity index (χ0v) is 21.2. The number of halogens is 1. The van der Waals surface area contributed by atoms with Crippen molar-refractivity contribution in [1.82, 2.24) is 4.90 Å². The van der Waals surface area contributed by atoms with Gasteiger partial charge >= 0.3 is 0 Å². The third-order valence-corrected chi connectivity index (χ3v) is 6.04. The number of aromatic hydroxyl groups is 1. The fraction of sp³-hybridized carbons (Fsp3) is 0.769. The van der Waals surface area contributed by atoms with E-state index < -0.39 is 0 Å². The zero-order valence-electron chi connectivity index (χ0n) is 20.4. The van der Waals surface area contributed by atoms with Crippen molar-refractivity contribution in [2.24, 2.45) is 0 Å². The SMILES string of the molecule is CC(C)(C)c1cc(OCCCCCCCN2CCCCC2)cc(C(C)(C)C)c1O.Cl. The molecule has 0 spiro atoms. The first-order valence-corrected chi connectivity index (χ1v) is 11.8. The van der Waals surface area contributed by atoms with Crippen LogP contribution in [-0.4, -0.2) is 36.2 Å². The fourth-order valence-corrected chi connectivity index (χ4v) is 4.18. The molecule has 0 saturated carbocycles. The molecule has 1 aromatic rings. The molecule has 3 nitrogen and oxygen atoms in total. The fourth-order valence-electron chi connectivity index (χ4n) is 4.18. The van der Waals surface area contributed by atoms with Crippen molar-refractivity contribution in [2.75, 3.05) is 26.2 Å². The van der Waals surface area contributed by atoms with E-state index in [4.69, 9.17) is 4.74 Å². The number of nitrogens with zero attached hydrogens (tertiary/aromatic N) is 1. The molecule has 4 heteroatoms. The Morgan fingerprint density at radius 3 is 1.83 bits per heavy atom. The molecule has 1 heterocycles. The third kappa shape index (κ3) is 8.67. The Bertz CT molecular complexity index is 590. The molecular weight excluding hydrogens is 394 g/mol. The maximum Gasteiger partial charge on any atom is 0.123 e. The summed E-state index contributed by atoms with van der Waals surface area (Å²) in [4.78, 5) is 2.64. The van der Waals surface area contributed by atoms with E-state index in [0.29, 0.717) is 5.75 Å². The van der Waals surface area contributed by atoms with E-state index in [1.807, 2.05) is 12.1 Å². The van der Waals surface area contributed by atoms with Gasteiger partial charge in [-0.2, -0.15) is 0 Å². The van der Waals surface area contributed by atoms with Gasteiger partial charge in [-0.1, -0.05) is 67.2 Å². The van der Waals surface area contributed by atoms with Crippen molar-refractivity contribution in [1.29, 1.82) is 0 Å². The molecule has 2 rings (SSSR count). The number of piperidine rings is 1. The number of unbranched alkanes of at least 4 members (excludes halogenated alkanes) is 4. The molecule has 1 aromatic carbocycles. The summed E-state index contributed by atoms with van der Waals surface area (Å²) in [6, 6.07) is 4.06. The van der Waals surface area contributed by atoms with Gasteiger partial charge in [0.05, 0.1) is 6.61 Å². The lowest BCUT2D eigenvalue weighted by Crippen LogP contribution is -2.30. The van der Waals surface area contributed by atoms with Crippen LogP contribution in [0.2, 0.25) is 0 Å². The Kier molecular flexibility index (Phi) is 11.0. The second-order valence-electron chi connectivity index (χ2n) is 10.9. The number of hydrogen-bond donors (Lipinski definition) is 1. The van der Waals surface area contributed by atoms with Crippen LogP contribution in [0.5, 0.6) is 11.5 Å². The van der Waals surface area contributed by atoms with Crippen molar-refractivity contribution >= 4 is 12.4 Å². The van der Waals surface area contributed by atoms with Crippen LogP contribution in [0.15, 0.2) is 12.1 Å². The van der Waals surface area contributed by atoms with Crippen LogP contribution < -0.4 is 4.74 Å². The first-order valence-electron chi connectivity index (χ1n) is 11.8. The second-order valence-corrected chi connectivity index (χ2v) is 10.9. The van der Waals surface area contributed by atoms with Crippen LogP contribution >= 0.6 is 12.4 Å². The number of benzene rings is 1. The molecule has 0 aliphatic carbocycles. The van der Waals surface area contributed by atoms with Crippen LogP contribution in [0.3, 0.4) is 0 Å². The summed E-state index contributed by atoms with van der Waals surface area (Å²) in [5, 5.41) is 10.8. The van der Waals surface area contributed by atoms with Gasteiger partial charge in [-0.25, -0.2) is 0 Å². The van der Waals surface area contributed by atoms with Crippen LogP contribution in [0.1, 0.15) is 104 Å². The summed E-state index contributed by atoms with van der Waals surface area (Å²) in [6.45, 7) is 17.5. The number of hydrogen-bond acceptors (Lipinski definition) is 3. The van der Waals surface area contributed by atoms with Crippen LogP contribution in [0, 0.1) is 0 Å². The molecule has 0 unspecified atom stereocenters. The summed E-state index contributed by atoms with van der Waals surface area (Å²) in [6.07, 6.45) is 10.5. The summed E-state index contributed by atoms with van der Waals surface area (Å²) < 4.78 is 6.12. The van der Waals surface area contributed by atoms with Crippen molar-refractivity contribution in [2.45, 2.75) is 104 Å². The Morgan fingerprint density at radius 2 is 1.30 bits per heavy atom. The summed E-state index contributed by atoms with van der Waals surface area (Å²) in [7, 11) is 0. The molecular formula is C26H46ClNO2. The standard InChI is InChI=1S/C26H45NO2.ClH/c1-25(2,3)22-19-21(20-23(24(22)28)26(4,5)6)29-18-14-9-7-8-11-15-27-16-12-10-13-17-27;/h19-20,28H,7-18H2,1-6H3;1H. The predicted molar refractivity (Wildman–Crippen MR) is 132 cm³/mol. The highest BCUT2D eigenvalue weighted by atomic mass is 35.5. The molecule has 1 aliphatic rings. The highest BCUT2D eigenvalue weighted by Gasteiger charge is 2.26. The van der Waals surface area contributed by atoms with Crippen LogP contribution in [0.4, 0.5) is 0 Å². The quantitative estimate of drug-likeness (QED) is 0.412. The van der Waals surface area contributed by atoms with Crippen molar-refractivity contribution in [3.8, 4) is 11.5 Å². The average molecular weight is 440 g/mol. The van der Waals surface area contributed by atoms with Gasteiger partial charge in [-0.05, 0) is 68.3 Å². The first kappa shape index (κ1) is 27.1. The van der Waals surface area contributed by atoms with Gasteiger partial charge in [0.2, 0.25) is 0 Å². The average Bonchev–Trinajstić information content (AvgIpc) is 2.64. The number of phenolic OH excluding ortho intramolecular Hbond substituents is 1. The molecule has 1 N–H and O–H groups in total. The third-order valence-electron chi connectivity index (χ3n) is 6.04. The molecule has 0 amide bonds. The van der Waals surface area contributed by atoms with Crippen LogP contribution in [0.25, 0.3) is 0 Å². The summed E-state index contributed by atoms with van der Waals surface area (Å²) in [5.41, 5.74) is 1.71. The van der Waals surface area contributed by atoms with E-state index >= 15 is 0 Å². The largest absolute Gasteiger partial charge is 0.507 e. The summed E-state index contributed by atoms with van der Waals surface area (Å²) in [5.74, 6) is 1.31. The molecule has 0 atom stereocenters. The molecule has 1 aliphatic heterocycles. The number of ether oxygens (including phenoxy) is 1. The predicted octanol–water partition coefficient (Wildman–Crippen LogP) is 7.22. The van der Waals surface area contributed by atoms with Gasteiger partial charge in [0.15, 0.2) is 0 Å². The molecule has 30 heavy (non-hydrogen) atoms. The maximum atomic E-state index is 10.8. The minimum absolute atomic E-state index is 0. The Balaban J connectivity index is 0.00000450. The lowest BCUT2D eigenvalue weighted by atomic mass is 9.79. The molecule has 0 bridgehead atoms. The van der Waals surface area contributed by atoms with E-state index in [1.165, 1.54) is 64.6 Å². The molecule has 174 valence electrons. The van der Waals surface area contributed by atoms with Gasteiger partial charge in [0, 0.05) is 11.1 Å². The highest BCUT2D eigenvalue weighted by molar-refractivity contribution is 5.85. The second kappa shape index (κ2) is 12.2. The van der Waals surface area contributed by atoms with Crippen molar-refractivity contribution < 1.29 is 9.84 Å². The molecule has 0 radical (unpaired) electrons. The van der Waals surface area contributed by atoms with Crippen LogP contribution in [-0.2, 0) is 10.8 Å². The number of phenols is 1. The van der Waals surface area contributed by atoms with Gasteiger partial charge in [-0.3, -0.25) is 0 Å². The Morgan fingerprint density at radius 1 is 0.800 bits per heavy atom. The Hall–Kier alpha value is -0.930. The van der Waals surface area contributed by atoms with Crippen molar-refractivity contribution in [3.05, 3.63) is 23.3 Å². The highest BCUT2D eigenvalue weighted by Crippen LogP contribution is 2.41. The van der Waals surface area contributed by atoms with Gasteiger partial charge in [-0.15, -0.1) is 12.4 Å². The summed E-state index contributed by atoms with van der Waals surface area (Å²) >= 11 is 0. The number of rotatable bonds is 9. The van der Waals surface area contributed by atoms with E-state index in [9.17, 15) is 5.11 Å². The van der Waals surface area contributed by atoms with E-state index in [0.717, 1.165) is 29.9 Å². The smallest absolute Gasteiger partial charge is 0.123 e. The minimum Gasteiger partial charge on any atom is -0.507 e. The molecule has 1 fully saturated rings. The first-order chi connectivity index (χ1) is 13.6.